The fourth-order valence-electron chi connectivity index (χ4n) is 3.86. The number of phenols is 4. The highest BCUT2D eigenvalue weighted by Crippen LogP contribution is 2.40. The van der Waals surface area contributed by atoms with Crippen molar-refractivity contribution in [2.24, 2.45) is 0 Å². The number of carbonyl (C=O) groups is 4. The predicted octanol–water partition coefficient (Wildman–Crippen LogP) is 1.30. The summed E-state index contributed by atoms with van der Waals surface area (Å²) in [6.45, 7) is 2.72. The van der Waals surface area contributed by atoms with Gasteiger partial charge in [-0.3, -0.25) is 19.2 Å². The van der Waals surface area contributed by atoms with Crippen molar-refractivity contribution >= 4 is 29.8 Å². The molecule has 0 aromatic heterocycles. The molecule has 2 aromatic rings. The van der Waals surface area contributed by atoms with Gasteiger partial charge in [0, 0.05) is 20.8 Å². The Hall–Kier alpha value is -4.82. The van der Waals surface area contributed by atoms with E-state index in [1.807, 2.05) is 0 Å². The van der Waals surface area contributed by atoms with Gasteiger partial charge in [-0.1, -0.05) is 12.1 Å². The van der Waals surface area contributed by atoms with E-state index in [1.165, 1.54) is 24.3 Å². The SMILES string of the molecule is CC(=O)OC[C@H]1O[C@@H](Oc2ccc(C(=O)/C=C/c3ccc(O)c(O)c3)c(O)c2O)[C@@H](OC(C)=O)[C@@H](O)[C@@H]1OC(C)=O. The number of hydrogen-bond donors (Lipinski definition) is 5. The average molecular weight is 577 g/mol. The van der Waals surface area contributed by atoms with Gasteiger partial charge in [0.25, 0.3) is 0 Å². The molecule has 14 nitrogen and oxygen atoms in total. The molecule has 0 amide bonds. The number of ketones is 1. The second-order valence-corrected chi connectivity index (χ2v) is 8.86. The molecule has 5 atom stereocenters. The minimum atomic E-state index is -1.73. The van der Waals surface area contributed by atoms with E-state index in [0.717, 1.165) is 39.0 Å². The van der Waals surface area contributed by atoms with Crippen LogP contribution in [0, 0.1) is 0 Å². The van der Waals surface area contributed by atoms with Crippen LogP contribution in [0.1, 0.15) is 36.7 Å². The van der Waals surface area contributed by atoms with E-state index in [0.29, 0.717) is 5.56 Å². The van der Waals surface area contributed by atoms with Crippen LogP contribution in [-0.2, 0) is 33.3 Å². The van der Waals surface area contributed by atoms with Gasteiger partial charge < -0.3 is 49.2 Å². The van der Waals surface area contributed by atoms with Crippen molar-refractivity contribution in [3.63, 3.8) is 0 Å². The summed E-state index contributed by atoms with van der Waals surface area (Å²) in [7, 11) is 0. The predicted molar refractivity (Wildman–Crippen MR) is 136 cm³/mol. The van der Waals surface area contributed by atoms with E-state index >= 15 is 0 Å². The Balaban J connectivity index is 1.87. The van der Waals surface area contributed by atoms with Crippen LogP contribution < -0.4 is 4.74 Å². The van der Waals surface area contributed by atoms with Gasteiger partial charge in [0.15, 0.2) is 41.0 Å². The third-order valence-corrected chi connectivity index (χ3v) is 5.72. The normalized spacial score (nSPS) is 22.1. The summed E-state index contributed by atoms with van der Waals surface area (Å²) in [6, 6.07) is 6.05. The van der Waals surface area contributed by atoms with Gasteiger partial charge in [-0.25, -0.2) is 0 Å². The minimum Gasteiger partial charge on any atom is -0.504 e. The number of benzene rings is 2. The molecule has 220 valence electrons. The van der Waals surface area contributed by atoms with Gasteiger partial charge in [-0.15, -0.1) is 0 Å². The fraction of sp³-hybridized carbons (Fsp3) is 0.333. The summed E-state index contributed by atoms with van der Waals surface area (Å²) in [5.74, 6) is -6.11. The summed E-state index contributed by atoms with van der Waals surface area (Å²) >= 11 is 0. The number of esters is 3. The Morgan fingerprint density at radius 2 is 1.51 bits per heavy atom. The van der Waals surface area contributed by atoms with Crippen LogP contribution in [0.3, 0.4) is 0 Å². The monoisotopic (exact) mass is 576 g/mol. The van der Waals surface area contributed by atoms with Crippen LogP contribution in [0.25, 0.3) is 6.08 Å². The first-order chi connectivity index (χ1) is 19.3. The zero-order valence-corrected chi connectivity index (χ0v) is 22.0. The number of phenolic OH excluding ortho intramolecular Hbond substituents is 4. The van der Waals surface area contributed by atoms with E-state index < -0.39 is 84.0 Å². The van der Waals surface area contributed by atoms with Crippen molar-refractivity contribution in [2.45, 2.75) is 51.5 Å². The van der Waals surface area contributed by atoms with E-state index in [4.69, 9.17) is 23.7 Å². The van der Waals surface area contributed by atoms with Gasteiger partial charge in [0.05, 0.1) is 5.56 Å². The molecule has 3 rings (SSSR count). The molecule has 41 heavy (non-hydrogen) atoms. The van der Waals surface area contributed by atoms with Gasteiger partial charge >= 0.3 is 17.9 Å². The largest absolute Gasteiger partial charge is 0.504 e. The molecule has 14 heteroatoms. The molecular formula is C27H28O14. The van der Waals surface area contributed by atoms with E-state index in [9.17, 15) is 44.7 Å². The summed E-state index contributed by atoms with van der Waals surface area (Å²) in [5, 5.41) is 51.0. The van der Waals surface area contributed by atoms with Gasteiger partial charge in [0.2, 0.25) is 12.0 Å². The lowest BCUT2D eigenvalue weighted by atomic mass is 9.98. The second kappa shape index (κ2) is 13.0. The second-order valence-electron chi connectivity index (χ2n) is 8.86. The average Bonchev–Trinajstić information content (AvgIpc) is 2.89. The van der Waals surface area contributed by atoms with Crippen molar-refractivity contribution in [1.29, 1.82) is 0 Å². The molecule has 0 bridgehead atoms. The molecule has 1 aliphatic rings. The Labute approximate surface area is 232 Å². The van der Waals surface area contributed by atoms with Crippen molar-refractivity contribution in [2.75, 3.05) is 6.61 Å². The molecule has 0 saturated carbocycles. The molecule has 0 spiro atoms. The summed E-state index contributed by atoms with van der Waals surface area (Å²) in [6.07, 6.45) is -5.41. The minimum absolute atomic E-state index is 0.335. The zero-order chi connectivity index (χ0) is 30.4. The number of aromatic hydroxyl groups is 4. The molecule has 1 aliphatic heterocycles. The highest BCUT2D eigenvalue weighted by molar-refractivity contribution is 6.09. The highest BCUT2D eigenvalue weighted by Gasteiger charge is 2.51. The first-order valence-electron chi connectivity index (χ1n) is 12.1. The lowest BCUT2D eigenvalue weighted by Gasteiger charge is -2.42. The molecule has 1 fully saturated rings. The molecular weight excluding hydrogens is 548 g/mol. The number of hydrogen-bond acceptors (Lipinski definition) is 14. The van der Waals surface area contributed by atoms with Crippen molar-refractivity contribution in [3.8, 4) is 28.7 Å². The van der Waals surface area contributed by atoms with Crippen LogP contribution in [-0.4, -0.2) is 86.5 Å². The quantitative estimate of drug-likeness (QED) is 0.0935. The van der Waals surface area contributed by atoms with Crippen LogP contribution in [0.15, 0.2) is 36.4 Å². The van der Waals surface area contributed by atoms with Gasteiger partial charge in [0.1, 0.15) is 18.8 Å². The van der Waals surface area contributed by atoms with Gasteiger partial charge in [-0.2, -0.15) is 0 Å². The first-order valence-corrected chi connectivity index (χ1v) is 12.1. The third kappa shape index (κ3) is 7.64. The topological polar surface area (TPSA) is 216 Å². The zero-order valence-electron chi connectivity index (χ0n) is 22.0. The summed E-state index contributed by atoms with van der Waals surface area (Å²) < 4.78 is 26.4. The Morgan fingerprint density at radius 3 is 2.12 bits per heavy atom. The lowest BCUT2D eigenvalue weighted by Crippen LogP contribution is -2.62. The van der Waals surface area contributed by atoms with E-state index in [1.54, 1.807) is 0 Å². The van der Waals surface area contributed by atoms with Crippen LogP contribution in [0.5, 0.6) is 28.7 Å². The number of aliphatic hydroxyl groups excluding tert-OH is 1. The third-order valence-electron chi connectivity index (χ3n) is 5.72. The number of rotatable bonds is 9. The molecule has 0 aliphatic carbocycles. The van der Waals surface area contributed by atoms with Crippen molar-refractivity contribution in [3.05, 3.63) is 47.5 Å². The van der Waals surface area contributed by atoms with Crippen LogP contribution >= 0.6 is 0 Å². The number of aliphatic hydroxyl groups is 1. The van der Waals surface area contributed by atoms with Crippen LogP contribution in [0.2, 0.25) is 0 Å². The standard InChI is InChI=1S/C27H28O14/c1-12(28)37-11-21-25(38-13(2)29)24(36)26(39-14(3)30)27(41-21)40-20-9-6-16(22(34)23(20)35)17(31)7-4-15-5-8-18(32)19(33)10-15/h4-10,21,24-27,32-36H,11H2,1-3H3/b7-4+/t21-,24+,25-,26+,27-/m1/s1. The molecule has 0 radical (unpaired) electrons. The number of ether oxygens (including phenoxy) is 5. The molecule has 2 aromatic carbocycles. The maximum absolute atomic E-state index is 12.6. The highest BCUT2D eigenvalue weighted by atomic mass is 16.7. The Kier molecular flexibility index (Phi) is 9.76. The molecule has 0 unspecified atom stereocenters. The summed E-state index contributed by atoms with van der Waals surface area (Å²) in [4.78, 5) is 47.3. The fourth-order valence-corrected chi connectivity index (χ4v) is 3.86. The van der Waals surface area contributed by atoms with Crippen molar-refractivity contribution < 1.29 is 68.4 Å². The van der Waals surface area contributed by atoms with E-state index in [-0.39, 0.29) is 11.3 Å². The molecule has 1 heterocycles. The summed E-state index contributed by atoms with van der Waals surface area (Å²) in [5.41, 5.74) is 0.0232. The number of allylic oxidation sites excluding steroid dienone is 1. The van der Waals surface area contributed by atoms with Crippen LogP contribution in [0.4, 0.5) is 0 Å². The Bertz CT molecular complexity index is 1350. The molecule has 1 saturated heterocycles. The lowest BCUT2D eigenvalue weighted by molar-refractivity contribution is -0.285. The Morgan fingerprint density at radius 1 is 0.854 bits per heavy atom. The molecule has 5 N–H and O–H groups in total. The number of carbonyl (C=O) groups excluding carboxylic acids is 4. The maximum atomic E-state index is 12.6. The van der Waals surface area contributed by atoms with Gasteiger partial charge in [-0.05, 0) is 35.9 Å². The van der Waals surface area contributed by atoms with E-state index in [2.05, 4.69) is 0 Å². The van der Waals surface area contributed by atoms with Crippen molar-refractivity contribution in [1.82, 2.24) is 0 Å². The smallest absolute Gasteiger partial charge is 0.303 e. The maximum Gasteiger partial charge on any atom is 0.303 e. The first kappa shape index (κ1) is 30.7.